The first kappa shape index (κ1) is 15.1. The Morgan fingerprint density at radius 3 is 2.61 bits per heavy atom. The second-order valence-corrected chi connectivity index (χ2v) is 5.63. The van der Waals surface area contributed by atoms with Gasteiger partial charge in [-0.2, -0.15) is 0 Å². The van der Waals surface area contributed by atoms with Crippen LogP contribution >= 0.6 is 35.0 Å². The summed E-state index contributed by atoms with van der Waals surface area (Å²) in [6.07, 6.45) is 0. The van der Waals surface area contributed by atoms with Gasteiger partial charge in [0.05, 0.1) is 10.3 Å². The predicted octanol–water partition coefficient (Wildman–Crippen LogP) is 2.93. The van der Waals surface area contributed by atoms with E-state index in [0.29, 0.717) is 14.9 Å². The molecule has 1 rings (SSSR count). The highest BCUT2D eigenvalue weighted by Gasteiger charge is 2.17. The lowest BCUT2D eigenvalue weighted by atomic mass is 10.4. The van der Waals surface area contributed by atoms with Crippen molar-refractivity contribution in [2.24, 2.45) is 0 Å². The minimum Gasteiger partial charge on any atom is -0.341 e. The molecule has 2 N–H and O–H groups in total. The monoisotopic (exact) mass is 306 g/mol. The van der Waals surface area contributed by atoms with Crippen LogP contribution in [0.25, 0.3) is 0 Å². The fraction of sp³-hybridized carbons (Fsp3) is 0.273. The van der Waals surface area contributed by atoms with Crippen LogP contribution in [-0.4, -0.2) is 24.2 Å². The summed E-state index contributed by atoms with van der Waals surface area (Å²) >= 11 is 13.1. The Kier molecular flexibility index (Phi) is 5.78. The van der Waals surface area contributed by atoms with Gasteiger partial charge < -0.3 is 5.32 Å². The van der Waals surface area contributed by atoms with E-state index in [9.17, 15) is 9.59 Å². The van der Waals surface area contributed by atoms with Crippen LogP contribution in [0.15, 0.2) is 23.1 Å². The summed E-state index contributed by atoms with van der Waals surface area (Å²) in [5, 5.41) is 5.11. The van der Waals surface area contributed by atoms with E-state index in [1.807, 2.05) is 0 Å². The van der Waals surface area contributed by atoms with Gasteiger partial charge in [0.1, 0.15) is 0 Å². The van der Waals surface area contributed by atoms with Gasteiger partial charge in [0.25, 0.3) is 0 Å². The third kappa shape index (κ3) is 4.40. The highest BCUT2D eigenvalue weighted by Crippen LogP contribution is 2.32. The number of carbonyl (C=O) groups is 2. The molecule has 0 saturated carbocycles. The number of rotatable bonds is 3. The van der Waals surface area contributed by atoms with Crippen LogP contribution < -0.4 is 10.6 Å². The van der Waals surface area contributed by atoms with E-state index in [2.05, 4.69) is 10.6 Å². The smallest absolute Gasteiger partial charge is 0.321 e. The number of hydrogen-bond donors (Lipinski definition) is 2. The molecule has 0 bridgehead atoms. The highest BCUT2D eigenvalue weighted by molar-refractivity contribution is 8.00. The molecule has 0 saturated heterocycles. The van der Waals surface area contributed by atoms with Gasteiger partial charge in [-0.15, -0.1) is 11.8 Å². The van der Waals surface area contributed by atoms with Crippen LogP contribution in [0.1, 0.15) is 6.92 Å². The molecular formula is C11H12Cl2N2O2S. The quantitative estimate of drug-likeness (QED) is 0.844. The Bertz CT molecular complexity index is 468. The first-order valence-corrected chi connectivity index (χ1v) is 6.72. The minimum atomic E-state index is -0.537. The van der Waals surface area contributed by atoms with E-state index < -0.39 is 17.2 Å². The first-order valence-electron chi connectivity index (χ1n) is 5.08. The van der Waals surface area contributed by atoms with Crippen molar-refractivity contribution in [1.29, 1.82) is 0 Å². The molecule has 4 nitrogen and oxygen atoms in total. The zero-order chi connectivity index (χ0) is 13.7. The normalized spacial score (nSPS) is 11.8. The molecule has 1 atom stereocenters. The highest BCUT2D eigenvalue weighted by atomic mass is 35.5. The third-order valence-electron chi connectivity index (χ3n) is 2.03. The summed E-state index contributed by atoms with van der Waals surface area (Å²) in [6.45, 7) is 1.68. The lowest BCUT2D eigenvalue weighted by molar-refractivity contribution is -0.119. The molecule has 0 heterocycles. The Balaban J connectivity index is 2.69. The number of imide groups is 1. The Labute approximate surface area is 119 Å². The van der Waals surface area contributed by atoms with Crippen LogP contribution in [0.4, 0.5) is 4.79 Å². The summed E-state index contributed by atoms with van der Waals surface area (Å²) in [6, 6.07) is 4.47. The molecule has 0 spiro atoms. The molecule has 1 aromatic rings. The number of benzene rings is 1. The molecule has 0 unspecified atom stereocenters. The number of nitrogens with one attached hydrogen (secondary N) is 2. The van der Waals surface area contributed by atoms with Gasteiger partial charge in [-0.05, 0) is 25.1 Å². The zero-order valence-corrected chi connectivity index (χ0v) is 12.1. The fourth-order valence-corrected chi connectivity index (χ4v) is 2.50. The van der Waals surface area contributed by atoms with Crippen molar-refractivity contribution >= 4 is 46.9 Å². The number of amides is 3. The van der Waals surface area contributed by atoms with E-state index >= 15 is 0 Å². The summed E-state index contributed by atoms with van der Waals surface area (Å²) < 4.78 is 0. The molecule has 1 aromatic carbocycles. The molecule has 0 aromatic heterocycles. The molecule has 7 heteroatoms. The largest absolute Gasteiger partial charge is 0.341 e. The van der Waals surface area contributed by atoms with Gasteiger partial charge in [-0.3, -0.25) is 10.1 Å². The SMILES string of the molecule is CNC(=O)NC(=O)[C@H](C)Sc1cc(Cl)ccc1Cl. The van der Waals surface area contributed by atoms with E-state index in [1.165, 1.54) is 18.8 Å². The number of carbonyl (C=O) groups excluding carboxylic acids is 2. The lowest BCUT2D eigenvalue weighted by Crippen LogP contribution is -2.41. The molecule has 0 aliphatic carbocycles. The van der Waals surface area contributed by atoms with Gasteiger partial charge in [0, 0.05) is 17.0 Å². The van der Waals surface area contributed by atoms with Crippen LogP contribution in [0, 0.1) is 0 Å². The van der Waals surface area contributed by atoms with Crippen molar-refractivity contribution in [2.75, 3.05) is 7.05 Å². The van der Waals surface area contributed by atoms with Crippen molar-refractivity contribution in [3.05, 3.63) is 28.2 Å². The maximum absolute atomic E-state index is 11.6. The second-order valence-electron chi connectivity index (χ2n) is 3.40. The summed E-state index contributed by atoms with van der Waals surface area (Å²) in [4.78, 5) is 23.3. The average Bonchev–Trinajstić information content (AvgIpc) is 2.33. The number of urea groups is 1. The van der Waals surface area contributed by atoms with Gasteiger partial charge >= 0.3 is 6.03 Å². The van der Waals surface area contributed by atoms with Crippen molar-refractivity contribution in [3.8, 4) is 0 Å². The fourth-order valence-electron chi connectivity index (χ4n) is 1.09. The number of halogens is 2. The van der Waals surface area contributed by atoms with Crippen molar-refractivity contribution in [2.45, 2.75) is 17.1 Å². The lowest BCUT2D eigenvalue weighted by Gasteiger charge is -2.12. The van der Waals surface area contributed by atoms with Gasteiger partial charge in [0.15, 0.2) is 0 Å². The van der Waals surface area contributed by atoms with Crippen LogP contribution in [0.3, 0.4) is 0 Å². The summed E-state index contributed by atoms with van der Waals surface area (Å²) in [7, 11) is 1.44. The standard InChI is InChI=1S/C11H12Cl2N2O2S/c1-6(10(16)15-11(17)14-2)18-9-5-7(12)3-4-8(9)13/h3-6H,1-2H3,(H2,14,15,16,17)/t6-/m0/s1. The predicted molar refractivity (Wildman–Crippen MR) is 74.4 cm³/mol. The minimum absolute atomic E-state index is 0.393. The summed E-state index contributed by atoms with van der Waals surface area (Å²) in [5.74, 6) is -0.393. The van der Waals surface area contributed by atoms with Crippen LogP contribution in [0.2, 0.25) is 10.0 Å². The Morgan fingerprint density at radius 1 is 1.33 bits per heavy atom. The number of hydrogen-bond acceptors (Lipinski definition) is 3. The molecule has 98 valence electrons. The van der Waals surface area contributed by atoms with E-state index in [0.717, 1.165) is 0 Å². The zero-order valence-electron chi connectivity index (χ0n) is 9.79. The maximum atomic E-state index is 11.6. The molecule has 18 heavy (non-hydrogen) atoms. The van der Waals surface area contributed by atoms with E-state index in [4.69, 9.17) is 23.2 Å². The molecule has 0 radical (unpaired) electrons. The van der Waals surface area contributed by atoms with Gasteiger partial charge in [-0.25, -0.2) is 4.79 Å². The Hall–Kier alpha value is -0.910. The average molecular weight is 307 g/mol. The van der Waals surface area contributed by atoms with Crippen molar-refractivity contribution in [3.63, 3.8) is 0 Å². The van der Waals surface area contributed by atoms with Crippen LogP contribution in [-0.2, 0) is 4.79 Å². The maximum Gasteiger partial charge on any atom is 0.321 e. The van der Waals surface area contributed by atoms with Gasteiger partial charge in [0.2, 0.25) is 5.91 Å². The first-order chi connectivity index (χ1) is 8.43. The van der Waals surface area contributed by atoms with E-state index in [1.54, 1.807) is 25.1 Å². The van der Waals surface area contributed by atoms with Crippen molar-refractivity contribution in [1.82, 2.24) is 10.6 Å². The molecule has 0 aliphatic heterocycles. The van der Waals surface area contributed by atoms with E-state index in [-0.39, 0.29) is 0 Å². The molecule has 0 fully saturated rings. The second kappa shape index (κ2) is 6.87. The molecule has 0 aliphatic rings. The molecular weight excluding hydrogens is 295 g/mol. The third-order valence-corrected chi connectivity index (χ3v) is 3.87. The summed E-state index contributed by atoms with van der Waals surface area (Å²) in [5.41, 5.74) is 0. The van der Waals surface area contributed by atoms with Crippen LogP contribution in [0.5, 0.6) is 0 Å². The molecule has 3 amide bonds. The topological polar surface area (TPSA) is 58.2 Å². The Morgan fingerprint density at radius 2 is 2.00 bits per heavy atom. The van der Waals surface area contributed by atoms with Crippen molar-refractivity contribution < 1.29 is 9.59 Å². The van der Waals surface area contributed by atoms with Gasteiger partial charge in [-0.1, -0.05) is 23.2 Å². The number of thioether (sulfide) groups is 1.